The first-order chi connectivity index (χ1) is 10.3. The van der Waals surface area contributed by atoms with Crippen LogP contribution in [-0.4, -0.2) is 24.3 Å². The third-order valence-electron chi connectivity index (χ3n) is 4.96. The van der Waals surface area contributed by atoms with Gasteiger partial charge in [-0.15, -0.1) is 0 Å². The Balaban J connectivity index is 1.72. The lowest BCUT2D eigenvalue weighted by Gasteiger charge is -2.28. The Kier molecular flexibility index (Phi) is 4.79. The first-order valence-electron chi connectivity index (χ1n) is 8.46. The molecule has 0 aromatic heterocycles. The number of hydrogen-bond acceptors (Lipinski definition) is 3. The minimum Gasteiger partial charge on any atom is -0.462 e. The van der Waals surface area contributed by atoms with E-state index in [-0.39, 0.29) is 12.1 Å². The molecular weight excluding hydrogens is 264 g/mol. The summed E-state index contributed by atoms with van der Waals surface area (Å²) in [5.74, 6) is 0.835. The summed E-state index contributed by atoms with van der Waals surface area (Å²) in [6.07, 6.45) is 16.4. The van der Waals surface area contributed by atoms with Crippen LogP contribution >= 0.6 is 0 Å². The molecule has 2 heterocycles. The number of ether oxygens (including phenoxy) is 2. The van der Waals surface area contributed by atoms with Gasteiger partial charge in [-0.3, -0.25) is 4.79 Å². The lowest BCUT2D eigenvalue weighted by molar-refractivity contribution is -0.153. The van der Waals surface area contributed by atoms with Crippen LogP contribution in [0.3, 0.4) is 0 Å². The minimum atomic E-state index is -0.0212. The van der Waals surface area contributed by atoms with Gasteiger partial charge >= 0.3 is 5.97 Å². The highest BCUT2D eigenvalue weighted by Crippen LogP contribution is 2.49. The molecule has 2 unspecified atom stereocenters. The summed E-state index contributed by atoms with van der Waals surface area (Å²) < 4.78 is 11.5. The number of carbonyl (C=O) groups is 1. The average molecular weight is 290 g/mol. The van der Waals surface area contributed by atoms with Gasteiger partial charge in [-0.25, -0.2) is 0 Å². The number of carbonyl (C=O) groups excluding carboxylic acids is 1. The van der Waals surface area contributed by atoms with Crippen molar-refractivity contribution < 1.29 is 14.3 Å². The first kappa shape index (κ1) is 14.8. The maximum absolute atomic E-state index is 12.0. The summed E-state index contributed by atoms with van der Waals surface area (Å²) in [6.45, 7) is 2.12. The smallest absolute Gasteiger partial charge is 0.306 e. The number of allylic oxidation sites excluding steroid dienone is 3. The standard InChI is InChI=1S/C18H26O3/c1-2-15-14-12-16-18(21-16)13(14)10-8-6-4-3-5-7-9-11-17(19)20-15/h3-4,8,10,13-16,18H,2,5-7,9,11-12H2,1H3/b4-3-,10-8-/t13?,14?,15-,16-,18+/m0/s1. The van der Waals surface area contributed by atoms with Gasteiger partial charge in [0.25, 0.3) is 0 Å². The van der Waals surface area contributed by atoms with E-state index in [1.807, 2.05) is 0 Å². The van der Waals surface area contributed by atoms with E-state index in [0.29, 0.717) is 30.5 Å². The van der Waals surface area contributed by atoms with Gasteiger partial charge in [0, 0.05) is 18.3 Å². The number of epoxide rings is 1. The average Bonchev–Trinajstić information content (AvgIpc) is 3.16. The van der Waals surface area contributed by atoms with Crippen molar-refractivity contribution in [3.8, 4) is 0 Å². The summed E-state index contributed by atoms with van der Waals surface area (Å²) in [4.78, 5) is 12.0. The summed E-state index contributed by atoms with van der Waals surface area (Å²) in [7, 11) is 0. The maximum Gasteiger partial charge on any atom is 0.306 e. The zero-order valence-electron chi connectivity index (χ0n) is 12.9. The molecule has 0 amide bonds. The number of cyclic esters (lactones) is 1. The zero-order chi connectivity index (χ0) is 14.7. The van der Waals surface area contributed by atoms with Crippen LogP contribution in [0.25, 0.3) is 0 Å². The summed E-state index contributed by atoms with van der Waals surface area (Å²) in [6, 6.07) is 0. The van der Waals surface area contributed by atoms with E-state index in [1.165, 1.54) is 0 Å². The van der Waals surface area contributed by atoms with Crippen molar-refractivity contribution in [1.82, 2.24) is 0 Å². The fourth-order valence-electron chi connectivity index (χ4n) is 3.77. The van der Waals surface area contributed by atoms with Crippen molar-refractivity contribution in [2.75, 3.05) is 0 Å². The highest BCUT2D eigenvalue weighted by Gasteiger charge is 2.56. The van der Waals surface area contributed by atoms with E-state index in [0.717, 1.165) is 38.5 Å². The molecule has 3 rings (SSSR count). The Bertz CT molecular complexity index is 426. The van der Waals surface area contributed by atoms with Gasteiger partial charge in [0.05, 0.1) is 12.2 Å². The third kappa shape index (κ3) is 3.57. The fraction of sp³-hybridized carbons (Fsp3) is 0.722. The minimum absolute atomic E-state index is 0.0212. The molecule has 0 aromatic carbocycles. The van der Waals surface area contributed by atoms with Crippen molar-refractivity contribution in [3.05, 3.63) is 24.3 Å². The van der Waals surface area contributed by atoms with Crippen LogP contribution in [0.15, 0.2) is 24.3 Å². The fourth-order valence-corrected chi connectivity index (χ4v) is 3.77. The molecular formula is C18H26O3. The molecule has 5 atom stereocenters. The van der Waals surface area contributed by atoms with Gasteiger partial charge in [0.1, 0.15) is 6.10 Å². The van der Waals surface area contributed by atoms with Crippen molar-refractivity contribution in [2.45, 2.75) is 70.2 Å². The highest BCUT2D eigenvalue weighted by atomic mass is 16.6. The molecule has 0 spiro atoms. The predicted molar refractivity (Wildman–Crippen MR) is 81.8 cm³/mol. The van der Waals surface area contributed by atoms with Crippen LogP contribution in [0.4, 0.5) is 0 Å². The molecule has 1 saturated heterocycles. The van der Waals surface area contributed by atoms with Gasteiger partial charge < -0.3 is 9.47 Å². The van der Waals surface area contributed by atoms with Crippen LogP contribution in [0, 0.1) is 11.8 Å². The van der Waals surface area contributed by atoms with E-state index >= 15 is 0 Å². The van der Waals surface area contributed by atoms with Crippen molar-refractivity contribution in [2.24, 2.45) is 11.8 Å². The number of fused-ring (bicyclic) bond motifs is 3. The Morgan fingerprint density at radius 1 is 1.24 bits per heavy atom. The molecule has 1 aliphatic carbocycles. The largest absolute Gasteiger partial charge is 0.462 e. The van der Waals surface area contributed by atoms with Crippen LogP contribution in [0.2, 0.25) is 0 Å². The molecule has 0 aromatic rings. The highest BCUT2D eigenvalue weighted by molar-refractivity contribution is 5.69. The van der Waals surface area contributed by atoms with Crippen LogP contribution in [0.5, 0.6) is 0 Å². The molecule has 21 heavy (non-hydrogen) atoms. The predicted octanol–water partition coefficient (Wildman–Crippen LogP) is 3.79. The van der Waals surface area contributed by atoms with Crippen molar-refractivity contribution in [3.63, 3.8) is 0 Å². The molecule has 0 radical (unpaired) electrons. The van der Waals surface area contributed by atoms with Gasteiger partial charge in [-0.1, -0.05) is 31.2 Å². The van der Waals surface area contributed by atoms with E-state index in [9.17, 15) is 4.79 Å². The van der Waals surface area contributed by atoms with Gasteiger partial charge in [-0.05, 0) is 38.5 Å². The second-order valence-electron chi connectivity index (χ2n) is 6.43. The maximum atomic E-state index is 12.0. The second-order valence-corrected chi connectivity index (χ2v) is 6.43. The van der Waals surface area contributed by atoms with E-state index in [4.69, 9.17) is 9.47 Å². The summed E-state index contributed by atoms with van der Waals surface area (Å²) in [5.41, 5.74) is 0. The van der Waals surface area contributed by atoms with Crippen molar-refractivity contribution >= 4 is 5.97 Å². The molecule has 3 aliphatic rings. The quantitative estimate of drug-likeness (QED) is 0.419. The normalized spacial score (nSPS) is 43.1. The van der Waals surface area contributed by atoms with E-state index in [2.05, 4.69) is 31.2 Å². The van der Waals surface area contributed by atoms with Crippen LogP contribution < -0.4 is 0 Å². The Labute approximate surface area is 127 Å². The third-order valence-corrected chi connectivity index (χ3v) is 4.96. The number of esters is 1. The lowest BCUT2D eigenvalue weighted by Crippen LogP contribution is -2.31. The van der Waals surface area contributed by atoms with Crippen LogP contribution in [0.1, 0.15) is 51.9 Å². The Morgan fingerprint density at radius 3 is 3.00 bits per heavy atom. The molecule has 1 saturated carbocycles. The van der Waals surface area contributed by atoms with Gasteiger partial charge in [0.15, 0.2) is 0 Å². The summed E-state index contributed by atoms with van der Waals surface area (Å²) in [5, 5.41) is 0. The van der Waals surface area contributed by atoms with E-state index < -0.39 is 0 Å². The number of hydrogen-bond donors (Lipinski definition) is 0. The topological polar surface area (TPSA) is 38.8 Å². The van der Waals surface area contributed by atoms with Gasteiger partial charge in [-0.2, -0.15) is 0 Å². The van der Waals surface area contributed by atoms with Crippen LogP contribution in [-0.2, 0) is 14.3 Å². The second kappa shape index (κ2) is 6.78. The molecule has 2 aliphatic heterocycles. The lowest BCUT2D eigenvalue weighted by atomic mass is 9.87. The molecule has 2 fully saturated rings. The zero-order valence-corrected chi connectivity index (χ0v) is 12.9. The molecule has 3 heteroatoms. The van der Waals surface area contributed by atoms with E-state index in [1.54, 1.807) is 0 Å². The molecule has 116 valence electrons. The molecule has 0 N–H and O–H groups in total. The Morgan fingerprint density at radius 2 is 2.14 bits per heavy atom. The monoisotopic (exact) mass is 290 g/mol. The number of rotatable bonds is 1. The molecule has 0 bridgehead atoms. The Hall–Kier alpha value is -1.09. The van der Waals surface area contributed by atoms with Crippen molar-refractivity contribution in [1.29, 1.82) is 0 Å². The first-order valence-corrected chi connectivity index (χ1v) is 8.46. The summed E-state index contributed by atoms with van der Waals surface area (Å²) >= 11 is 0. The molecule has 3 nitrogen and oxygen atoms in total. The SMILES string of the molecule is CC[C@@H]1OC(=O)CCCC/C=C\C/C=C\C2C1C[C@@H]1O[C@H]21. The van der Waals surface area contributed by atoms with Gasteiger partial charge in [0.2, 0.25) is 0 Å².